The Morgan fingerprint density at radius 1 is 1.50 bits per heavy atom. The minimum absolute atomic E-state index is 0.00449. The lowest BCUT2D eigenvalue weighted by molar-refractivity contribution is -0.384. The summed E-state index contributed by atoms with van der Waals surface area (Å²) >= 11 is 5.67. The minimum atomic E-state index is -0.525. The quantitative estimate of drug-likeness (QED) is 0.323. The number of nitro groups is 1. The first-order chi connectivity index (χ1) is 8.63. The molecule has 0 aromatic carbocycles. The van der Waals surface area contributed by atoms with Gasteiger partial charge in [-0.05, 0) is 6.42 Å². The molecule has 100 valence electrons. The van der Waals surface area contributed by atoms with E-state index in [2.05, 4.69) is 10.3 Å². The number of nitrogens with one attached hydrogen (secondary N) is 1. The third kappa shape index (κ3) is 5.26. The molecule has 18 heavy (non-hydrogen) atoms. The first kappa shape index (κ1) is 14.6. The van der Waals surface area contributed by atoms with E-state index in [4.69, 9.17) is 21.4 Å². The van der Waals surface area contributed by atoms with Crippen LogP contribution in [-0.4, -0.2) is 41.4 Å². The molecule has 0 aliphatic heterocycles. The zero-order valence-corrected chi connectivity index (χ0v) is 10.4. The van der Waals surface area contributed by atoms with Gasteiger partial charge in [0, 0.05) is 13.2 Å². The van der Waals surface area contributed by atoms with Crippen molar-refractivity contribution in [3.05, 3.63) is 27.4 Å². The van der Waals surface area contributed by atoms with Gasteiger partial charge in [0.15, 0.2) is 0 Å². The zero-order chi connectivity index (χ0) is 13.4. The number of nitrogens with zero attached hydrogens (tertiary/aromatic N) is 2. The topological polar surface area (TPSA) is 97.5 Å². The number of rotatable bonds is 8. The van der Waals surface area contributed by atoms with E-state index in [0.29, 0.717) is 32.0 Å². The molecule has 0 spiro atoms. The average Bonchev–Trinajstić information content (AvgIpc) is 2.33. The molecule has 0 aliphatic rings. The maximum absolute atomic E-state index is 10.6. The molecule has 1 aromatic heterocycles. The van der Waals surface area contributed by atoms with Gasteiger partial charge < -0.3 is 15.2 Å². The third-order valence-corrected chi connectivity index (χ3v) is 2.19. The van der Waals surface area contributed by atoms with Gasteiger partial charge in [-0.25, -0.2) is 4.98 Å². The highest BCUT2D eigenvalue weighted by Gasteiger charge is 2.09. The van der Waals surface area contributed by atoms with Crippen molar-refractivity contribution < 1.29 is 14.8 Å². The van der Waals surface area contributed by atoms with Crippen LogP contribution in [0.25, 0.3) is 0 Å². The Balaban J connectivity index is 2.40. The van der Waals surface area contributed by atoms with Crippen LogP contribution in [0.15, 0.2) is 12.1 Å². The molecule has 0 bridgehead atoms. The lowest BCUT2D eigenvalue weighted by Gasteiger charge is -2.06. The highest BCUT2D eigenvalue weighted by atomic mass is 35.5. The average molecular weight is 276 g/mol. The summed E-state index contributed by atoms with van der Waals surface area (Å²) in [6, 6.07) is 2.51. The molecular weight excluding hydrogens is 262 g/mol. The Hall–Kier alpha value is -1.44. The number of halogens is 1. The Labute approximate surface area is 109 Å². The first-order valence-electron chi connectivity index (χ1n) is 5.38. The highest BCUT2D eigenvalue weighted by molar-refractivity contribution is 6.29. The number of pyridine rings is 1. The number of anilines is 1. The second-order valence-electron chi connectivity index (χ2n) is 3.41. The lowest BCUT2D eigenvalue weighted by Crippen LogP contribution is -2.08. The molecule has 8 heteroatoms. The largest absolute Gasteiger partial charge is 0.394 e. The maximum Gasteiger partial charge on any atom is 0.276 e. The molecule has 0 fully saturated rings. The Morgan fingerprint density at radius 3 is 2.94 bits per heavy atom. The number of hydrogen-bond acceptors (Lipinski definition) is 6. The molecule has 0 aliphatic carbocycles. The van der Waals surface area contributed by atoms with Crippen molar-refractivity contribution in [2.75, 3.05) is 31.7 Å². The van der Waals surface area contributed by atoms with Crippen LogP contribution in [0.1, 0.15) is 6.42 Å². The summed E-state index contributed by atoms with van der Waals surface area (Å²) in [5.74, 6) is 0.358. The SMILES string of the molecule is O=[N+]([O-])c1cc(Cl)nc(NCCCOCCO)c1. The molecule has 0 unspecified atom stereocenters. The van der Waals surface area contributed by atoms with E-state index in [0.717, 1.165) is 0 Å². The molecule has 0 amide bonds. The van der Waals surface area contributed by atoms with Gasteiger partial charge in [-0.15, -0.1) is 0 Å². The van der Waals surface area contributed by atoms with Crippen LogP contribution < -0.4 is 5.32 Å². The molecule has 1 aromatic rings. The third-order valence-electron chi connectivity index (χ3n) is 2.00. The first-order valence-corrected chi connectivity index (χ1v) is 5.75. The predicted octanol–water partition coefficient (Wildman–Crippen LogP) is 1.45. The van der Waals surface area contributed by atoms with Crippen molar-refractivity contribution in [2.45, 2.75) is 6.42 Å². The second-order valence-corrected chi connectivity index (χ2v) is 3.79. The van der Waals surface area contributed by atoms with Crippen LogP contribution in [0.4, 0.5) is 11.5 Å². The number of ether oxygens (including phenoxy) is 1. The minimum Gasteiger partial charge on any atom is -0.394 e. The van der Waals surface area contributed by atoms with Gasteiger partial charge >= 0.3 is 0 Å². The summed E-state index contributed by atoms with van der Waals surface area (Å²) in [7, 11) is 0. The number of hydrogen-bond donors (Lipinski definition) is 2. The monoisotopic (exact) mass is 275 g/mol. The van der Waals surface area contributed by atoms with Crippen molar-refractivity contribution in [3.8, 4) is 0 Å². The second kappa shape index (κ2) is 7.80. The van der Waals surface area contributed by atoms with E-state index >= 15 is 0 Å². The van der Waals surface area contributed by atoms with Crippen LogP contribution in [0.3, 0.4) is 0 Å². The van der Waals surface area contributed by atoms with Gasteiger partial charge in [-0.2, -0.15) is 0 Å². The van der Waals surface area contributed by atoms with Gasteiger partial charge in [-0.1, -0.05) is 11.6 Å². The zero-order valence-electron chi connectivity index (χ0n) is 9.63. The fourth-order valence-electron chi connectivity index (χ4n) is 1.24. The van der Waals surface area contributed by atoms with Crippen molar-refractivity contribution in [1.82, 2.24) is 4.98 Å². The standard InChI is InChI=1S/C10H14ClN3O4/c11-9-6-8(14(16)17)7-10(13-9)12-2-1-4-18-5-3-15/h6-7,15H,1-5H2,(H,12,13). The predicted molar refractivity (Wildman–Crippen MR) is 66.9 cm³/mol. The fourth-order valence-corrected chi connectivity index (χ4v) is 1.44. The fraction of sp³-hybridized carbons (Fsp3) is 0.500. The van der Waals surface area contributed by atoms with E-state index in [1.165, 1.54) is 12.1 Å². The summed E-state index contributed by atoms with van der Waals surface area (Å²) in [6.45, 7) is 1.35. The number of aliphatic hydroxyl groups excluding tert-OH is 1. The Morgan fingerprint density at radius 2 is 2.28 bits per heavy atom. The molecule has 1 heterocycles. The molecule has 2 N–H and O–H groups in total. The van der Waals surface area contributed by atoms with E-state index in [1.807, 2.05) is 0 Å². The van der Waals surface area contributed by atoms with Crippen LogP contribution in [-0.2, 0) is 4.74 Å². The summed E-state index contributed by atoms with van der Waals surface area (Å²) in [6.07, 6.45) is 0.696. The van der Waals surface area contributed by atoms with Crippen molar-refractivity contribution >= 4 is 23.1 Å². The van der Waals surface area contributed by atoms with Crippen molar-refractivity contribution in [3.63, 3.8) is 0 Å². The smallest absolute Gasteiger partial charge is 0.276 e. The highest BCUT2D eigenvalue weighted by Crippen LogP contribution is 2.20. The molecule has 1 rings (SSSR count). The van der Waals surface area contributed by atoms with Gasteiger partial charge in [-0.3, -0.25) is 10.1 Å². The molecule has 0 radical (unpaired) electrons. The molecule has 0 saturated heterocycles. The maximum atomic E-state index is 10.6. The van der Waals surface area contributed by atoms with Crippen molar-refractivity contribution in [2.24, 2.45) is 0 Å². The van der Waals surface area contributed by atoms with Crippen LogP contribution >= 0.6 is 11.6 Å². The molecule has 7 nitrogen and oxygen atoms in total. The van der Waals surface area contributed by atoms with Crippen LogP contribution in [0.2, 0.25) is 5.15 Å². The molecular formula is C10H14ClN3O4. The molecule has 0 atom stereocenters. The number of aromatic nitrogens is 1. The summed E-state index contributed by atoms with van der Waals surface area (Å²) in [5.41, 5.74) is -0.103. The van der Waals surface area contributed by atoms with Crippen LogP contribution in [0.5, 0.6) is 0 Å². The summed E-state index contributed by atoms with van der Waals surface area (Å²) < 4.78 is 5.06. The Bertz CT molecular complexity index is 403. The van der Waals surface area contributed by atoms with Gasteiger partial charge in [0.25, 0.3) is 5.69 Å². The van der Waals surface area contributed by atoms with Gasteiger partial charge in [0.05, 0.1) is 30.3 Å². The molecule has 0 saturated carbocycles. The van der Waals surface area contributed by atoms with E-state index in [1.54, 1.807) is 0 Å². The Kier molecular flexibility index (Phi) is 6.34. The van der Waals surface area contributed by atoms with Gasteiger partial charge in [0.2, 0.25) is 0 Å². The normalized spacial score (nSPS) is 10.3. The van der Waals surface area contributed by atoms with E-state index in [9.17, 15) is 10.1 Å². The van der Waals surface area contributed by atoms with Crippen molar-refractivity contribution in [1.29, 1.82) is 0 Å². The van der Waals surface area contributed by atoms with Crippen LogP contribution in [0, 0.1) is 10.1 Å². The summed E-state index contributed by atoms with van der Waals surface area (Å²) in [4.78, 5) is 14.0. The summed E-state index contributed by atoms with van der Waals surface area (Å²) in [5, 5.41) is 22.1. The lowest BCUT2D eigenvalue weighted by atomic mass is 10.4. The number of aliphatic hydroxyl groups is 1. The van der Waals surface area contributed by atoms with E-state index < -0.39 is 4.92 Å². The van der Waals surface area contributed by atoms with Gasteiger partial charge in [0.1, 0.15) is 11.0 Å². The van der Waals surface area contributed by atoms with E-state index in [-0.39, 0.29) is 17.4 Å².